The summed E-state index contributed by atoms with van der Waals surface area (Å²) < 4.78 is 16.3. The number of ether oxygens (including phenoxy) is 3. The van der Waals surface area contributed by atoms with E-state index in [0.29, 0.717) is 40.7 Å². The molecule has 1 N–H and O–H groups in total. The molecule has 1 fully saturated rings. The van der Waals surface area contributed by atoms with Crippen LogP contribution in [0, 0.1) is 0 Å². The molecule has 34 heavy (non-hydrogen) atoms. The maximum absolute atomic E-state index is 13.3. The fraction of sp³-hybridized carbons (Fsp3) is 0.185. The van der Waals surface area contributed by atoms with Gasteiger partial charge in [0.25, 0.3) is 11.7 Å². The lowest BCUT2D eigenvalue weighted by Gasteiger charge is -2.26. The fourth-order valence-corrected chi connectivity index (χ4v) is 4.06. The van der Waals surface area contributed by atoms with Gasteiger partial charge in [-0.1, -0.05) is 36.4 Å². The summed E-state index contributed by atoms with van der Waals surface area (Å²) in [5.74, 6) is -0.150. The molecule has 1 heterocycles. The molecule has 1 unspecified atom stereocenters. The van der Waals surface area contributed by atoms with Crippen molar-refractivity contribution in [2.45, 2.75) is 13.0 Å². The van der Waals surface area contributed by atoms with Gasteiger partial charge in [-0.15, -0.1) is 0 Å². The van der Waals surface area contributed by atoms with Gasteiger partial charge >= 0.3 is 0 Å². The summed E-state index contributed by atoms with van der Waals surface area (Å²) in [6, 6.07) is 19.9. The molecule has 0 aromatic heterocycles. The Morgan fingerprint density at radius 2 is 1.59 bits per heavy atom. The Morgan fingerprint density at radius 1 is 0.912 bits per heavy atom. The van der Waals surface area contributed by atoms with Crippen molar-refractivity contribution < 1.29 is 28.9 Å². The Morgan fingerprint density at radius 3 is 2.21 bits per heavy atom. The predicted molar refractivity (Wildman–Crippen MR) is 128 cm³/mol. The molecule has 174 valence electrons. The molecule has 3 aromatic rings. The monoisotopic (exact) mass is 459 g/mol. The Hall–Kier alpha value is -4.26. The van der Waals surface area contributed by atoms with Crippen LogP contribution in [-0.4, -0.2) is 37.6 Å². The van der Waals surface area contributed by atoms with Crippen molar-refractivity contribution in [3.05, 3.63) is 89.5 Å². The zero-order valence-corrected chi connectivity index (χ0v) is 19.1. The van der Waals surface area contributed by atoms with Crippen molar-refractivity contribution in [2.24, 2.45) is 0 Å². The number of aliphatic hydroxyl groups excluding tert-OH is 1. The molecule has 0 radical (unpaired) electrons. The summed E-state index contributed by atoms with van der Waals surface area (Å²) >= 11 is 0. The van der Waals surface area contributed by atoms with Crippen LogP contribution in [0.4, 0.5) is 5.69 Å². The van der Waals surface area contributed by atoms with E-state index in [4.69, 9.17) is 14.2 Å². The first-order valence-electron chi connectivity index (χ1n) is 10.8. The third kappa shape index (κ3) is 4.08. The average Bonchev–Trinajstić information content (AvgIpc) is 3.14. The van der Waals surface area contributed by atoms with Gasteiger partial charge in [-0.25, -0.2) is 0 Å². The van der Waals surface area contributed by atoms with E-state index in [1.165, 1.54) is 19.1 Å². The Balaban J connectivity index is 1.92. The number of anilines is 1. The van der Waals surface area contributed by atoms with Crippen LogP contribution in [-0.2, 0) is 9.59 Å². The number of rotatable bonds is 7. The molecule has 3 aromatic carbocycles. The maximum atomic E-state index is 13.3. The second-order valence-corrected chi connectivity index (χ2v) is 7.58. The highest BCUT2D eigenvalue weighted by Crippen LogP contribution is 2.44. The quantitative estimate of drug-likeness (QED) is 0.312. The summed E-state index contributed by atoms with van der Waals surface area (Å²) in [6.45, 7) is 2.39. The zero-order chi connectivity index (χ0) is 24.2. The van der Waals surface area contributed by atoms with Gasteiger partial charge in [0.1, 0.15) is 11.5 Å². The number of hydrogen-bond acceptors (Lipinski definition) is 6. The van der Waals surface area contributed by atoms with Crippen molar-refractivity contribution in [2.75, 3.05) is 25.7 Å². The topological polar surface area (TPSA) is 85.3 Å². The number of carbonyl (C=O) groups is 2. The highest BCUT2D eigenvalue weighted by molar-refractivity contribution is 6.51. The number of Topliss-reactive ketones (excluding diaryl/α,β-unsaturated/α-hetero) is 1. The lowest BCUT2D eigenvalue weighted by molar-refractivity contribution is -0.132. The van der Waals surface area contributed by atoms with Crippen LogP contribution >= 0.6 is 0 Å². The van der Waals surface area contributed by atoms with Crippen LogP contribution in [0.5, 0.6) is 17.2 Å². The highest BCUT2D eigenvalue weighted by atomic mass is 16.5. The summed E-state index contributed by atoms with van der Waals surface area (Å²) in [7, 11) is 3.04. The first-order chi connectivity index (χ1) is 16.5. The van der Waals surface area contributed by atoms with Crippen LogP contribution in [0.25, 0.3) is 5.76 Å². The van der Waals surface area contributed by atoms with E-state index in [1.807, 2.05) is 6.92 Å². The summed E-state index contributed by atoms with van der Waals surface area (Å²) in [4.78, 5) is 27.9. The first-order valence-corrected chi connectivity index (χ1v) is 10.8. The lowest BCUT2D eigenvalue weighted by Crippen LogP contribution is -2.29. The molecule has 1 aliphatic rings. The van der Waals surface area contributed by atoms with Gasteiger partial charge in [-0.3, -0.25) is 14.5 Å². The minimum absolute atomic E-state index is 0.00250. The SMILES string of the molecule is CCOc1ccc(N2C(=O)C(=O)/C(=C(\O)c3ccccc3)C2c2ccc(OC)c(OC)c2)cc1. The molecule has 0 bridgehead atoms. The van der Waals surface area contributed by atoms with Gasteiger partial charge in [0.2, 0.25) is 0 Å². The van der Waals surface area contributed by atoms with Gasteiger partial charge < -0.3 is 19.3 Å². The third-order valence-electron chi connectivity index (χ3n) is 5.64. The molecule has 7 heteroatoms. The Labute approximate surface area is 197 Å². The smallest absolute Gasteiger partial charge is 0.300 e. The molecule has 1 amide bonds. The lowest BCUT2D eigenvalue weighted by atomic mass is 9.94. The predicted octanol–water partition coefficient (Wildman–Crippen LogP) is 4.73. The van der Waals surface area contributed by atoms with Gasteiger partial charge in [-0.05, 0) is 48.9 Å². The van der Waals surface area contributed by atoms with E-state index in [9.17, 15) is 14.7 Å². The number of amides is 1. The molecule has 1 atom stereocenters. The van der Waals surface area contributed by atoms with Gasteiger partial charge in [-0.2, -0.15) is 0 Å². The Bertz CT molecular complexity index is 1230. The standard InChI is InChI=1S/C27H25NO6/c1-4-34-20-13-11-19(12-14-20)28-24(18-10-15-21(32-2)22(16-18)33-3)23(26(30)27(28)31)25(29)17-8-6-5-7-9-17/h5-16,24,29H,4H2,1-3H3/b25-23-. The maximum Gasteiger partial charge on any atom is 0.300 e. The zero-order valence-electron chi connectivity index (χ0n) is 19.1. The molecule has 7 nitrogen and oxygen atoms in total. The third-order valence-corrected chi connectivity index (χ3v) is 5.64. The van der Waals surface area contributed by atoms with Crippen molar-refractivity contribution in [3.8, 4) is 17.2 Å². The van der Waals surface area contributed by atoms with Crippen LogP contribution in [0.15, 0.2) is 78.4 Å². The van der Waals surface area contributed by atoms with Crippen LogP contribution in [0.2, 0.25) is 0 Å². The number of aliphatic hydroxyl groups is 1. The minimum atomic E-state index is -0.877. The first kappa shape index (κ1) is 22.9. The molecular weight excluding hydrogens is 434 g/mol. The van der Waals surface area contributed by atoms with Crippen molar-refractivity contribution in [1.29, 1.82) is 0 Å². The largest absolute Gasteiger partial charge is 0.507 e. The fourth-order valence-electron chi connectivity index (χ4n) is 4.06. The number of hydrogen-bond donors (Lipinski definition) is 1. The number of nitrogens with zero attached hydrogens (tertiary/aromatic N) is 1. The molecule has 0 saturated carbocycles. The summed E-state index contributed by atoms with van der Waals surface area (Å²) in [6.07, 6.45) is 0. The molecule has 0 aliphatic carbocycles. The van der Waals surface area contributed by atoms with Gasteiger partial charge in [0, 0.05) is 11.3 Å². The van der Waals surface area contributed by atoms with E-state index in [1.54, 1.807) is 72.8 Å². The van der Waals surface area contributed by atoms with Crippen LogP contribution in [0.3, 0.4) is 0 Å². The molecule has 0 spiro atoms. The van der Waals surface area contributed by atoms with Crippen molar-refractivity contribution in [3.63, 3.8) is 0 Å². The van der Waals surface area contributed by atoms with Crippen molar-refractivity contribution >= 4 is 23.1 Å². The summed E-state index contributed by atoms with van der Waals surface area (Å²) in [5, 5.41) is 11.2. The number of benzene rings is 3. The van der Waals surface area contributed by atoms with Gasteiger partial charge in [0.05, 0.1) is 32.4 Å². The minimum Gasteiger partial charge on any atom is -0.507 e. The highest BCUT2D eigenvalue weighted by Gasteiger charge is 2.47. The van der Waals surface area contributed by atoms with Crippen molar-refractivity contribution in [1.82, 2.24) is 0 Å². The number of ketones is 1. The second kappa shape index (κ2) is 9.70. The normalized spacial score (nSPS) is 17.0. The molecular formula is C27H25NO6. The second-order valence-electron chi connectivity index (χ2n) is 7.58. The van der Waals surface area contributed by atoms with E-state index >= 15 is 0 Å². The van der Waals surface area contributed by atoms with E-state index in [0.717, 1.165) is 0 Å². The summed E-state index contributed by atoms with van der Waals surface area (Å²) in [5.41, 5.74) is 1.52. The number of methoxy groups -OCH3 is 2. The molecule has 4 rings (SSSR count). The van der Waals surface area contributed by atoms with E-state index in [2.05, 4.69) is 0 Å². The average molecular weight is 459 g/mol. The van der Waals surface area contributed by atoms with E-state index in [-0.39, 0.29) is 11.3 Å². The van der Waals surface area contributed by atoms with Gasteiger partial charge in [0.15, 0.2) is 11.5 Å². The Kier molecular flexibility index (Phi) is 6.54. The van der Waals surface area contributed by atoms with Crippen LogP contribution < -0.4 is 19.1 Å². The molecule has 1 aliphatic heterocycles. The van der Waals surface area contributed by atoms with Crippen LogP contribution in [0.1, 0.15) is 24.1 Å². The number of carbonyl (C=O) groups excluding carboxylic acids is 2. The van der Waals surface area contributed by atoms with E-state index < -0.39 is 17.7 Å². The molecule has 1 saturated heterocycles.